The van der Waals surface area contributed by atoms with Gasteiger partial charge in [0.05, 0.1) is 5.69 Å². The smallest absolute Gasteiger partial charge is 0.0555 e. The molecule has 2 aromatic rings. The Labute approximate surface area is 94.9 Å². The van der Waals surface area contributed by atoms with E-state index in [0.717, 1.165) is 4.88 Å². The summed E-state index contributed by atoms with van der Waals surface area (Å²) in [4.78, 5) is 3.77. The summed E-state index contributed by atoms with van der Waals surface area (Å²) in [5.41, 5.74) is 10.2. The molecule has 0 aliphatic rings. The Kier molecular flexibility index (Phi) is 3.19. The number of thiophene rings is 2. The van der Waals surface area contributed by atoms with Crippen LogP contribution in [-0.4, -0.2) is 0 Å². The predicted molar refractivity (Wildman–Crippen MR) is 66.4 cm³/mol. The molecule has 5 heteroatoms. The molecule has 0 bridgehead atoms. The highest BCUT2D eigenvalue weighted by Gasteiger charge is 1.97. The third-order valence-corrected chi connectivity index (χ3v) is 3.37. The Hall–Kier alpha value is -1.55. The van der Waals surface area contributed by atoms with E-state index in [2.05, 4.69) is 15.4 Å². The quantitative estimate of drug-likeness (QED) is 0.410. The van der Waals surface area contributed by atoms with Crippen LogP contribution >= 0.6 is 22.7 Å². The maximum atomic E-state index is 8.36. The van der Waals surface area contributed by atoms with E-state index in [1.165, 1.54) is 5.56 Å². The normalized spacial score (nSPS) is 10.4. The lowest BCUT2D eigenvalue weighted by molar-refractivity contribution is 1.51. The zero-order chi connectivity index (χ0) is 10.5. The van der Waals surface area contributed by atoms with E-state index < -0.39 is 0 Å². The summed E-state index contributed by atoms with van der Waals surface area (Å²) in [5, 5.41) is 9.62. The molecule has 2 aromatic heterocycles. The maximum Gasteiger partial charge on any atom is 0.0555 e. The molecule has 0 aliphatic heterocycles. The molecule has 2 heterocycles. The summed E-state index contributed by atoms with van der Waals surface area (Å²) >= 11 is 3.22. The van der Waals surface area contributed by atoms with Gasteiger partial charge in [-0.2, -0.15) is 11.3 Å². The first-order valence-corrected chi connectivity index (χ1v) is 6.05. The zero-order valence-corrected chi connectivity index (χ0v) is 9.33. The van der Waals surface area contributed by atoms with Crippen LogP contribution in [0.2, 0.25) is 0 Å². The molecular formula is C10H7N3S2. The molecule has 0 unspecified atom stereocenters. The minimum absolute atomic E-state index is 0.689. The molecule has 0 amide bonds. The average molecular weight is 233 g/mol. The molecule has 2 rings (SSSR count). The monoisotopic (exact) mass is 233 g/mol. The highest BCUT2D eigenvalue weighted by Crippen LogP contribution is 2.27. The molecule has 0 N–H and O–H groups in total. The van der Waals surface area contributed by atoms with Gasteiger partial charge in [0, 0.05) is 9.79 Å². The summed E-state index contributed by atoms with van der Waals surface area (Å²) in [5.74, 6) is 0. The largest absolute Gasteiger partial charge is 0.152 e. The van der Waals surface area contributed by atoms with Gasteiger partial charge in [0.15, 0.2) is 0 Å². The summed E-state index contributed by atoms with van der Waals surface area (Å²) in [6.07, 6.45) is 3.98. The Bertz CT molecular complexity index is 505. The lowest BCUT2D eigenvalue weighted by Crippen LogP contribution is -1.62. The number of rotatable bonds is 3. The molecule has 3 nitrogen and oxygen atoms in total. The highest BCUT2D eigenvalue weighted by atomic mass is 32.1. The first-order valence-electron chi connectivity index (χ1n) is 4.23. The third kappa shape index (κ3) is 2.47. The number of nitrogens with zero attached hydrogens (tertiary/aromatic N) is 3. The van der Waals surface area contributed by atoms with Crippen molar-refractivity contribution in [2.24, 2.45) is 5.11 Å². The van der Waals surface area contributed by atoms with Crippen molar-refractivity contribution in [3.05, 3.63) is 49.2 Å². The number of hydrogen-bond acceptors (Lipinski definition) is 3. The van der Waals surface area contributed by atoms with Crippen molar-refractivity contribution < 1.29 is 0 Å². The Morgan fingerprint density at radius 2 is 2.20 bits per heavy atom. The van der Waals surface area contributed by atoms with Gasteiger partial charge >= 0.3 is 0 Å². The lowest BCUT2D eigenvalue weighted by Gasteiger charge is -1.88. The first kappa shape index (κ1) is 9.98. The molecule has 0 saturated carbocycles. The standard InChI is InChI=1S/C10H7N3S2/c11-13-12-9-4-6-15-10(9)2-1-8-3-5-14-7-8/h1-7H/b2-1+. The SMILES string of the molecule is [N-]=[N+]=Nc1ccsc1/C=C/c1ccsc1. The van der Waals surface area contributed by atoms with E-state index in [1.54, 1.807) is 22.7 Å². The molecule has 0 atom stereocenters. The second-order valence-electron chi connectivity index (χ2n) is 2.75. The highest BCUT2D eigenvalue weighted by molar-refractivity contribution is 7.11. The van der Waals surface area contributed by atoms with Gasteiger partial charge in [0.2, 0.25) is 0 Å². The second-order valence-corrected chi connectivity index (χ2v) is 4.48. The van der Waals surface area contributed by atoms with Crippen molar-refractivity contribution in [3.63, 3.8) is 0 Å². The summed E-state index contributed by atoms with van der Waals surface area (Å²) < 4.78 is 0. The molecule has 0 spiro atoms. The third-order valence-electron chi connectivity index (χ3n) is 1.80. The van der Waals surface area contributed by atoms with Crippen molar-refractivity contribution in [2.45, 2.75) is 0 Å². The molecule has 0 fully saturated rings. The summed E-state index contributed by atoms with van der Waals surface area (Å²) in [7, 11) is 0. The Morgan fingerprint density at radius 1 is 1.27 bits per heavy atom. The lowest BCUT2D eigenvalue weighted by atomic mass is 10.3. The summed E-state index contributed by atoms with van der Waals surface area (Å²) in [6, 6.07) is 3.86. The van der Waals surface area contributed by atoms with Gasteiger partial charge in [-0.05, 0) is 45.4 Å². The van der Waals surface area contributed by atoms with Gasteiger partial charge in [0.1, 0.15) is 0 Å². The van der Waals surface area contributed by atoms with Gasteiger partial charge < -0.3 is 0 Å². The van der Waals surface area contributed by atoms with E-state index in [4.69, 9.17) is 5.53 Å². The molecule has 0 radical (unpaired) electrons. The van der Waals surface area contributed by atoms with E-state index >= 15 is 0 Å². The Morgan fingerprint density at radius 3 is 2.93 bits per heavy atom. The van der Waals surface area contributed by atoms with Gasteiger partial charge in [-0.15, -0.1) is 11.3 Å². The van der Waals surface area contributed by atoms with Crippen molar-refractivity contribution in [3.8, 4) is 0 Å². The van der Waals surface area contributed by atoms with Crippen LogP contribution in [0.25, 0.3) is 22.6 Å². The fraction of sp³-hybridized carbons (Fsp3) is 0. The van der Waals surface area contributed by atoms with Crippen LogP contribution in [-0.2, 0) is 0 Å². The minimum atomic E-state index is 0.689. The van der Waals surface area contributed by atoms with Crippen LogP contribution < -0.4 is 0 Å². The first-order chi connectivity index (χ1) is 7.40. The average Bonchev–Trinajstić information content (AvgIpc) is 2.85. The zero-order valence-electron chi connectivity index (χ0n) is 7.70. The fourth-order valence-electron chi connectivity index (χ4n) is 1.11. The van der Waals surface area contributed by atoms with Crippen molar-refractivity contribution in [1.29, 1.82) is 0 Å². The molecule has 74 valence electrons. The minimum Gasteiger partial charge on any atom is -0.152 e. The Balaban J connectivity index is 2.24. The van der Waals surface area contributed by atoms with Crippen LogP contribution in [0.1, 0.15) is 10.4 Å². The topological polar surface area (TPSA) is 48.8 Å². The predicted octanol–water partition coefficient (Wildman–Crippen LogP) is 4.92. The van der Waals surface area contributed by atoms with Crippen LogP contribution in [0, 0.1) is 0 Å². The van der Waals surface area contributed by atoms with Gasteiger partial charge in [-0.25, -0.2) is 0 Å². The van der Waals surface area contributed by atoms with Crippen LogP contribution in [0.4, 0.5) is 5.69 Å². The molecule has 0 saturated heterocycles. The number of hydrogen-bond donors (Lipinski definition) is 0. The fourth-order valence-corrected chi connectivity index (χ4v) is 2.46. The van der Waals surface area contributed by atoms with E-state index in [9.17, 15) is 0 Å². The van der Waals surface area contributed by atoms with E-state index in [0.29, 0.717) is 5.69 Å². The molecular weight excluding hydrogens is 226 g/mol. The molecule has 0 aromatic carbocycles. The molecule has 15 heavy (non-hydrogen) atoms. The van der Waals surface area contributed by atoms with Crippen LogP contribution in [0.3, 0.4) is 0 Å². The molecule has 0 aliphatic carbocycles. The second kappa shape index (κ2) is 4.79. The van der Waals surface area contributed by atoms with Crippen LogP contribution in [0.15, 0.2) is 33.4 Å². The van der Waals surface area contributed by atoms with E-state index in [-0.39, 0.29) is 0 Å². The summed E-state index contributed by atoms with van der Waals surface area (Å²) in [6.45, 7) is 0. The van der Waals surface area contributed by atoms with Gasteiger partial charge in [0.25, 0.3) is 0 Å². The maximum absolute atomic E-state index is 8.36. The van der Waals surface area contributed by atoms with E-state index in [1.807, 2.05) is 35.0 Å². The van der Waals surface area contributed by atoms with Crippen molar-refractivity contribution in [2.75, 3.05) is 0 Å². The van der Waals surface area contributed by atoms with Crippen molar-refractivity contribution in [1.82, 2.24) is 0 Å². The van der Waals surface area contributed by atoms with Crippen molar-refractivity contribution >= 4 is 40.5 Å². The van der Waals surface area contributed by atoms with Gasteiger partial charge in [-0.3, -0.25) is 0 Å². The van der Waals surface area contributed by atoms with Gasteiger partial charge in [-0.1, -0.05) is 11.2 Å². The van der Waals surface area contributed by atoms with Crippen LogP contribution in [0.5, 0.6) is 0 Å². The number of azide groups is 1.